The number of hydrogen-bond donors (Lipinski definition) is 1. The van der Waals surface area contributed by atoms with Gasteiger partial charge in [0.2, 0.25) is 0 Å². The summed E-state index contributed by atoms with van der Waals surface area (Å²) in [5.41, 5.74) is 3.58. The van der Waals surface area contributed by atoms with E-state index in [-0.39, 0.29) is 0 Å². The lowest BCUT2D eigenvalue weighted by Crippen LogP contribution is -2.40. The van der Waals surface area contributed by atoms with Crippen molar-refractivity contribution in [2.45, 2.75) is 51.5 Å². The fourth-order valence-corrected chi connectivity index (χ4v) is 4.25. The number of anilines is 2. The molecule has 0 amide bonds. The molecule has 0 atom stereocenters. The maximum Gasteiger partial charge on any atom is 0.254 e. The molecule has 8 nitrogen and oxygen atoms in total. The van der Waals surface area contributed by atoms with E-state index < -0.39 is 0 Å². The predicted octanol–water partition coefficient (Wildman–Crippen LogP) is 2.18. The van der Waals surface area contributed by atoms with Crippen LogP contribution in [-0.4, -0.2) is 48.7 Å². The van der Waals surface area contributed by atoms with Crippen molar-refractivity contribution in [2.75, 3.05) is 23.3 Å². The summed E-state index contributed by atoms with van der Waals surface area (Å²) in [6.07, 6.45) is 10.1. The van der Waals surface area contributed by atoms with Gasteiger partial charge in [0.1, 0.15) is 24.3 Å². The molecular formula is C19H24N8. The van der Waals surface area contributed by atoms with Crippen LogP contribution in [0.25, 0.3) is 5.78 Å². The van der Waals surface area contributed by atoms with Gasteiger partial charge in [-0.25, -0.2) is 15.0 Å². The summed E-state index contributed by atoms with van der Waals surface area (Å²) in [5.74, 6) is 2.77. The predicted molar refractivity (Wildman–Crippen MR) is 103 cm³/mol. The second-order valence-corrected chi connectivity index (χ2v) is 7.49. The summed E-state index contributed by atoms with van der Waals surface area (Å²) in [5, 5.41) is 7.94. The van der Waals surface area contributed by atoms with E-state index in [2.05, 4.69) is 35.3 Å². The molecule has 8 heteroatoms. The lowest BCUT2D eigenvalue weighted by molar-refractivity contribution is 0.517. The van der Waals surface area contributed by atoms with Crippen LogP contribution in [0.2, 0.25) is 0 Å². The topological polar surface area (TPSA) is 84.1 Å². The monoisotopic (exact) mass is 364 g/mol. The maximum absolute atomic E-state index is 4.63. The van der Waals surface area contributed by atoms with Gasteiger partial charge in [-0.2, -0.15) is 14.6 Å². The third-order valence-corrected chi connectivity index (χ3v) is 5.63. The average molecular weight is 364 g/mol. The smallest absolute Gasteiger partial charge is 0.254 e. The summed E-state index contributed by atoms with van der Waals surface area (Å²) < 4.78 is 1.78. The first kappa shape index (κ1) is 16.4. The molecule has 0 spiro atoms. The molecule has 2 aliphatic rings. The normalized spacial score (nSPS) is 17.9. The molecule has 0 saturated carbocycles. The van der Waals surface area contributed by atoms with Crippen molar-refractivity contribution in [3.8, 4) is 0 Å². The molecule has 0 bridgehead atoms. The molecule has 0 radical (unpaired) electrons. The zero-order chi connectivity index (χ0) is 18.2. The molecule has 1 N–H and O–H groups in total. The van der Waals surface area contributed by atoms with E-state index in [1.807, 2.05) is 13.0 Å². The summed E-state index contributed by atoms with van der Waals surface area (Å²) in [6.45, 7) is 4.00. The van der Waals surface area contributed by atoms with Gasteiger partial charge in [0, 0.05) is 42.1 Å². The van der Waals surface area contributed by atoms with Gasteiger partial charge in [-0.3, -0.25) is 0 Å². The zero-order valence-corrected chi connectivity index (χ0v) is 15.6. The third kappa shape index (κ3) is 3.09. The van der Waals surface area contributed by atoms with E-state index in [4.69, 9.17) is 0 Å². The van der Waals surface area contributed by atoms with Crippen LogP contribution in [0.3, 0.4) is 0 Å². The number of piperidine rings is 1. The van der Waals surface area contributed by atoms with E-state index >= 15 is 0 Å². The number of aryl methyl sites for hydroxylation is 2. The number of rotatable bonds is 3. The van der Waals surface area contributed by atoms with Crippen LogP contribution in [0.5, 0.6) is 0 Å². The fraction of sp³-hybridized carbons (Fsp3) is 0.526. The number of hydrogen-bond acceptors (Lipinski definition) is 7. The van der Waals surface area contributed by atoms with Crippen LogP contribution in [0, 0.1) is 6.92 Å². The van der Waals surface area contributed by atoms with E-state index in [1.54, 1.807) is 17.2 Å². The first-order chi connectivity index (χ1) is 13.3. The van der Waals surface area contributed by atoms with Gasteiger partial charge in [-0.1, -0.05) is 0 Å². The van der Waals surface area contributed by atoms with Crippen molar-refractivity contribution >= 4 is 17.4 Å². The fourth-order valence-electron chi connectivity index (χ4n) is 4.25. The average Bonchev–Trinajstić information content (AvgIpc) is 3.17. The van der Waals surface area contributed by atoms with Crippen LogP contribution in [-0.2, 0) is 12.8 Å². The zero-order valence-electron chi connectivity index (χ0n) is 15.6. The summed E-state index contributed by atoms with van der Waals surface area (Å²) in [7, 11) is 0. The highest BCUT2D eigenvalue weighted by molar-refractivity contribution is 5.50. The lowest BCUT2D eigenvalue weighted by atomic mass is 9.95. The van der Waals surface area contributed by atoms with Crippen LogP contribution >= 0.6 is 0 Å². The molecule has 1 aliphatic carbocycles. The van der Waals surface area contributed by atoms with E-state index in [9.17, 15) is 0 Å². The van der Waals surface area contributed by atoms with E-state index in [0.29, 0.717) is 11.8 Å². The molecule has 27 heavy (non-hydrogen) atoms. The third-order valence-electron chi connectivity index (χ3n) is 5.63. The summed E-state index contributed by atoms with van der Waals surface area (Å²) in [6, 6.07) is 2.45. The Morgan fingerprint density at radius 2 is 1.89 bits per heavy atom. The minimum absolute atomic E-state index is 0.410. The molecule has 140 valence electrons. The molecular weight excluding hydrogens is 340 g/mol. The molecule has 0 aromatic carbocycles. The summed E-state index contributed by atoms with van der Waals surface area (Å²) in [4.78, 5) is 20.2. The van der Waals surface area contributed by atoms with Gasteiger partial charge in [-0.15, -0.1) is 0 Å². The van der Waals surface area contributed by atoms with Crippen LogP contribution in [0.15, 0.2) is 18.7 Å². The first-order valence-electron chi connectivity index (χ1n) is 9.79. The highest BCUT2D eigenvalue weighted by atomic mass is 15.4. The van der Waals surface area contributed by atoms with Gasteiger partial charge >= 0.3 is 0 Å². The molecule has 5 rings (SSSR count). The Labute approximate surface area is 158 Å². The van der Waals surface area contributed by atoms with Crippen LogP contribution < -0.4 is 10.2 Å². The Balaban J connectivity index is 1.30. The Kier molecular flexibility index (Phi) is 4.10. The number of fused-ring (bicyclic) bond motifs is 2. The molecule has 1 aliphatic heterocycles. The van der Waals surface area contributed by atoms with Crippen molar-refractivity contribution < 1.29 is 0 Å². The second-order valence-electron chi connectivity index (χ2n) is 7.49. The quantitative estimate of drug-likeness (QED) is 0.762. The minimum atomic E-state index is 0.410. The molecule has 3 aromatic rings. The largest absolute Gasteiger partial charge is 0.367 e. The Morgan fingerprint density at radius 3 is 2.78 bits per heavy atom. The molecule has 1 fully saturated rings. The van der Waals surface area contributed by atoms with Crippen LogP contribution in [0.1, 0.15) is 42.6 Å². The minimum Gasteiger partial charge on any atom is -0.367 e. The van der Waals surface area contributed by atoms with Gasteiger partial charge in [0.05, 0.1) is 0 Å². The number of aromatic nitrogens is 6. The molecule has 0 unspecified atom stereocenters. The second kappa shape index (κ2) is 6.75. The summed E-state index contributed by atoms with van der Waals surface area (Å²) >= 11 is 0. The number of nitrogens with one attached hydrogen (secondary N) is 1. The van der Waals surface area contributed by atoms with E-state index in [0.717, 1.165) is 56.1 Å². The Hall–Kier alpha value is -2.77. The highest BCUT2D eigenvalue weighted by Gasteiger charge is 2.25. The standard InChI is InChI=1S/C19H24N8/c1-13-10-17(27-19(24-13)22-12-23-27)25-14-6-8-26(9-7-14)18-15-4-2-3-5-16(15)20-11-21-18/h10-12,14,25H,2-9H2,1H3. The van der Waals surface area contributed by atoms with Gasteiger partial charge in [0.25, 0.3) is 5.78 Å². The molecule has 4 heterocycles. The first-order valence-corrected chi connectivity index (χ1v) is 9.79. The van der Waals surface area contributed by atoms with Crippen molar-refractivity contribution in [1.82, 2.24) is 29.5 Å². The SMILES string of the molecule is Cc1cc(NC2CCN(c3ncnc4c3CCCC4)CC2)n2ncnc2n1. The van der Waals surface area contributed by atoms with Crippen molar-refractivity contribution in [2.24, 2.45) is 0 Å². The van der Waals surface area contributed by atoms with Crippen molar-refractivity contribution in [1.29, 1.82) is 0 Å². The number of nitrogens with zero attached hydrogens (tertiary/aromatic N) is 7. The Bertz CT molecular complexity index is 957. The van der Waals surface area contributed by atoms with Gasteiger partial charge < -0.3 is 10.2 Å². The highest BCUT2D eigenvalue weighted by Crippen LogP contribution is 2.29. The van der Waals surface area contributed by atoms with Crippen LogP contribution in [0.4, 0.5) is 11.6 Å². The maximum atomic E-state index is 4.63. The Morgan fingerprint density at radius 1 is 1.04 bits per heavy atom. The van der Waals surface area contributed by atoms with Gasteiger partial charge in [0.15, 0.2) is 0 Å². The van der Waals surface area contributed by atoms with E-state index in [1.165, 1.54) is 24.1 Å². The van der Waals surface area contributed by atoms with Gasteiger partial charge in [-0.05, 0) is 45.4 Å². The van der Waals surface area contributed by atoms with Crippen molar-refractivity contribution in [3.63, 3.8) is 0 Å². The lowest BCUT2D eigenvalue weighted by Gasteiger charge is -2.35. The molecule has 3 aromatic heterocycles. The molecule has 1 saturated heterocycles. The van der Waals surface area contributed by atoms with Crippen molar-refractivity contribution in [3.05, 3.63) is 35.7 Å².